The number of hydrogen-bond acceptors (Lipinski definition) is 1. The van der Waals surface area contributed by atoms with Gasteiger partial charge in [0.05, 0.1) is 0 Å². The molecule has 0 N–H and O–H groups in total. The van der Waals surface area contributed by atoms with E-state index in [1.807, 2.05) is 0 Å². The van der Waals surface area contributed by atoms with Crippen LogP contribution in [0.5, 0.6) is 0 Å². The van der Waals surface area contributed by atoms with Crippen LogP contribution in [0.1, 0.15) is 71.6 Å². The van der Waals surface area contributed by atoms with Gasteiger partial charge >= 0.3 is 0 Å². The normalized spacial score (nSPS) is 11.7. The highest BCUT2D eigenvalue weighted by Gasteiger charge is 2.14. The summed E-state index contributed by atoms with van der Waals surface area (Å²) in [4.78, 5) is 2.36. The van der Waals surface area contributed by atoms with E-state index in [4.69, 9.17) is 0 Å². The maximum Gasteiger partial charge on any atom is 0.0462 e. The Morgan fingerprint density at radius 2 is 0.684 bits per heavy atom. The Morgan fingerprint density at radius 3 is 1.09 bits per heavy atom. The van der Waals surface area contributed by atoms with Gasteiger partial charge in [0.1, 0.15) is 0 Å². The lowest BCUT2D eigenvalue weighted by Crippen LogP contribution is -2.10. The van der Waals surface area contributed by atoms with Crippen LogP contribution in [0.3, 0.4) is 0 Å². The van der Waals surface area contributed by atoms with E-state index in [1.54, 1.807) is 0 Å². The lowest BCUT2D eigenvalue weighted by Gasteiger charge is -2.26. The van der Waals surface area contributed by atoms with Crippen molar-refractivity contribution in [3.8, 4) is 0 Å². The summed E-state index contributed by atoms with van der Waals surface area (Å²) < 4.78 is 0. The first-order valence-corrected chi connectivity index (χ1v) is 20.4. The molecule has 278 valence electrons. The third-order valence-corrected chi connectivity index (χ3v) is 10.8. The first-order chi connectivity index (χ1) is 28.2. The molecule has 8 rings (SSSR count). The SMILES string of the molecule is CCCCCCc1ccc(N(c2ccc(/C=C/c3ccccc3)cc2)c2ccc(/C=C/c3c4ccccc4c(/C=C/c4ccccc4)c4ccccc34)cc2)cc1. The Hall–Kier alpha value is -6.70. The first kappa shape index (κ1) is 37.2. The van der Waals surface area contributed by atoms with E-state index in [9.17, 15) is 0 Å². The molecule has 0 fully saturated rings. The summed E-state index contributed by atoms with van der Waals surface area (Å²) in [6.45, 7) is 2.27. The highest BCUT2D eigenvalue weighted by molar-refractivity contribution is 6.14. The number of aryl methyl sites for hydroxylation is 1. The molecule has 0 spiro atoms. The van der Waals surface area contributed by atoms with E-state index in [2.05, 4.69) is 230 Å². The van der Waals surface area contributed by atoms with Crippen LogP contribution in [-0.2, 0) is 6.42 Å². The largest absolute Gasteiger partial charge is 0.311 e. The quantitative estimate of drug-likeness (QED) is 0.0611. The minimum Gasteiger partial charge on any atom is -0.311 e. The second-order valence-electron chi connectivity index (χ2n) is 14.7. The maximum atomic E-state index is 2.36. The van der Waals surface area contributed by atoms with Crippen molar-refractivity contribution in [3.05, 3.63) is 221 Å². The molecule has 0 atom stereocenters. The fraction of sp³-hybridized carbons (Fsp3) is 0.107. The lowest BCUT2D eigenvalue weighted by molar-refractivity contribution is 0.667. The number of nitrogens with zero attached hydrogens (tertiary/aromatic N) is 1. The highest BCUT2D eigenvalue weighted by atomic mass is 15.1. The molecule has 0 saturated carbocycles. The van der Waals surface area contributed by atoms with Crippen LogP contribution in [0.15, 0.2) is 182 Å². The average molecular weight is 736 g/mol. The third-order valence-electron chi connectivity index (χ3n) is 10.8. The van der Waals surface area contributed by atoms with E-state index >= 15 is 0 Å². The first-order valence-electron chi connectivity index (χ1n) is 20.4. The van der Waals surface area contributed by atoms with Crippen molar-refractivity contribution in [2.75, 3.05) is 4.90 Å². The summed E-state index contributed by atoms with van der Waals surface area (Å²) in [6, 6.07) is 65.6. The van der Waals surface area contributed by atoms with Crippen LogP contribution in [0.2, 0.25) is 0 Å². The van der Waals surface area contributed by atoms with Crippen molar-refractivity contribution in [3.63, 3.8) is 0 Å². The molecule has 1 heteroatoms. The van der Waals surface area contributed by atoms with Crippen LogP contribution < -0.4 is 4.90 Å². The molecular formula is C56H49N. The molecular weight excluding hydrogens is 687 g/mol. The summed E-state index contributed by atoms with van der Waals surface area (Å²) in [5, 5.41) is 5.00. The molecule has 0 radical (unpaired) electrons. The van der Waals surface area contributed by atoms with Gasteiger partial charge in [-0.15, -0.1) is 0 Å². The molecule has 0 aliphatic rings. The Morgan fingerprint density at radius 1 is 0.333 bits per heavy atom. The van der Waals surface area contributed by atoms with Gasteiger partial charge in [0.15, 0.2) is 0 Å². The van der Waals surface area contributed by atoms with Gasteiger partial charge in [0.2, 0.25) is 0 Å². The maximum absolute atomic E-state index is 2.36. The van der Waals surface area contributed by atoms with Gasteiger partial charge in [0, 0.05) is 17.1 Å². The Balaban J connectivity index is 1.10. The fourth-order valence-electron chi connectivity index (χ4n) is 7.72. The van der Waals surface area contributed by atoms with Crippen molar-refractivity contribution in [2.24, 2.45) is 0 Å². The molecule has 1 nitrogen and oxygen atoms in total. The lowest BCUT2D eigenvalue weighted by atomic mass is 9.91. The molecule has 0 unspecified atom stereocenters. The van der Waals surface area contributed by atoms with Crippen molar-refractivity contribution in [1.82, 2.24) is 0 Å². The molecule has 57 heavy (non-hydrogen) atoms. The molecule has 8 aromatic rings. The van der Waals surface area contributed by atoms with Gasteiger partial charge in [-0.25, -0.2) is 0 Å². The Kier molecular flexibility index (Phi) is 11.9. The van der Waals surface area contributed by atoms with Gasteiger partial charge in [-0.3, -0.25) is 0 Å². The van der Waals surface area contributed by atoms with E-state index in [1.165, 1.54) is 80.6 Å². The van der Waals surface area contributed by atoms with Crippen molar-refractivity contribution >= 4 is 75.1 Å². The zero-order valence-corrected chi connectivity index (χ0v) is 32.8. The predicted octanol–water partition coefficient (Wildman–Crippen LogP) is 16.1. The molecule has 0 aliphatic heterocycles. The number of benzene rings is 8. The molecule has 0 amide bonds. The third kappa shape index (κ3) is 9.07. The molecule has 8 aromatic carbocycles. The smallest absolute Gasteiger partial charge is 0.0462 e. The monoisotopic (exact) mass is 735 g/mol. The molecule has 0 heterocycles. The van der Waals surface area contributed by atoms with E-state index in [0.717, 1.165) is 29.0 Å². The van der Waals surface area contributed by atoms with Gasteiger partial charge in [-0.05, 0) is 110 Å². The van der Waals surface area contributed by atoms with Crippen molar-refractivity contribution < 1.29 is 0 Å². The number of rotatable bonds is 14. The van der Waals surface area contributed by atoms with Crippen molar-refractivity contribution in [2.45, 2.75) is 39.0 Å². The highest BCUT2D eigenvalue weighted by Crippen LogP contribution is 2.37. The van der Waals surface area contributed by atoms with Crippen LogP contribution >= 0.6 is 0 Å². The topological polar surface area (TPSA) is 3.24 Å². The predicted molar refractivity (Wildman–Crippen MR) is 250 cm³/mol. The van der Waals surface area contributed by atoms with Gasteiger partial charge < -0.3 is 4.90 Å². The average Bonchev–Trinajstić information content (AvgIpc) is 3.28. The van der Waals surface area contributed by atoms with E-state index < -0.39 is 0 Å². The van der Waals surface area contributed by atoms with Crippen LogP contribution in [0, 0.1) is 0 Å². The van der Waals surface area contributed by atoms with Crippen LogP contribution in [0.4, 0.5) is 17.1 Å². The summed E-state index contributed by atoms with van der Waals surface area (Å²) in [5.41, 5.74) is 12.0. The summed E-state index contributed by atoms with van der Waals surface area (Å²) >= 11 is 0. The van der Waals surface area contributed by atoms with Gasteiger partial charge in [-0.1, -0.05) is 208 Å². The second kappa shape index (κ2) is 18.3. The molecule has 0 aliphatic carbocycles. The standard InChI is InChI=1S/C56H49N/c1-2-3-4-7-20-45-27-35-48(36-28-45)57(49-37-29-46(30-38-49)26-25-43-16-8-5-9-17-43)50-39-31-47(32-40-50)34-42-56-53-23-14-12-21-51(53)55(52-22-13-15-24-54(52)56)41-33-44-18-10-6-11-19-44/h5-6,8-19,21-42H,2-4,7,20H2,1H3/b26-25+,41-33+,42-34+. The number of fused-ring (bicyclic) bond motifs is 2. The Bertz CT molecular complexity index is 2560. The van der Waals surface area contributed by atoms with Crippen LogP contribution in [-0.4, -0.2) is 0 Å². The minimum absolute atomic E-state index is 1.13. The second-order valence-corrected chi connectivity index (χ2v) is 14.7. The molecule has 0 bridgehead atoms. The van der Waals surface area contributed by atoms with Crippen LogP contribution in [0.25, 0.3) is 58.0 Å². The zero-order chi connectivity index (χ0) is 38.7. The number of unbranched alkanes of at least 4 members (excludes halogenated alkanes) is 3. The number of hydrogen-bond donors (Lipinski definition) is 0. The fourth-order valence-corrected chi connectivity index (χ4v) is 7.72. The van der Waals surface area contributed by atoms with Crippen molar-refractivity contribution in [1.29, 1.82) is 0 Å². The van der Waals surface area contributed by atoms with E-state index in [-0.39, 0.29) is 0 Å². The Labute approximate surface area is 338 Å². The minimum atomic E-state index is 1.13. The molecule has 0 saturated heterocycles. The van der Waals surface area contributed by atoms with Gasteiger partial charge in [-0.2, -0.15) is 0 Å². The van der Waals surface area contributed by atoms with Gasteiger partial charge in [0.25, 0.3) is 0 Å². The summed E-state index contributed by atoms with van der Waals surface area (Å²) in [5.74, 6) is 0. The zero-order valence-electron chi connectivity index (χ0n) is 32.8. The number of anilines is 3. The van der Waals surface area contributed by atoms with E-state index in [0.29, 0.717) is 0 Å². The molecule has 0 aromatic heterocycles. The summed E-state index contributed by atoms with van der Waals surface area (Å²) in [6.07, 6.45) is 19.6. The summed E-state index contributed by atoms with van der Waals surface area (Å²) in [7, 11) is 0.